The first-order valence-electron chi connectivity index (χ1n) is 4.91. The van der Waals surface area contributed by atoms with E-state index in [0.29, 0.717) is 12.0 Å². The Kier molecular flexibility index (Phi) is 2.42. The molecule has 0 aliphatic heterocycles. The van der Waals surface area contributed by atoms with Crippen LogP contribution in [0.15, 0.2) is 0 Å². The van der Waals surface area contributed by atoms with Crippen molar-refractivity contribution in [1.82, 2.24) is 20.2 Å². The molecule has 0 aromatic carbocycles. The third kappa shape index (κ3) is 1.79. The van der Waals surface area contributed by atoms with Crippen LogP contribution in [0.5, 0.6) is 0 Å². The summed E-state index contributed by atoms with van der Waals surface area (Å²) in [4.78, 5) is 0. The van der Waals surface area contributed by atoms with E-state index in [0.717, 1.165) is 12.8 Å². The normalized spacial score (nSPS) is 20.0. The van der Waals surface area contributed by atoms with Crippen LogP contribution in [0.1, 0.15) is 44.6 Å². The van der Waals surface area contributed by atoms with Gasteiger partial charge < -0.3 is 5.73 Å². The number of tetrazole rings is 1. The fourth-order valence-electron chi connectivity index (χ4n) is 1.96. The van der Waals surface area contributed by atoms with Crippen molar-refractivity contribution in [3.05, 3.63) is 0 Å². The summed E-state index contributed by atoms with van der Waals surface area (Å²) in [7, 11) is 0. The van der Waals surface area contributed by atoms with Crippen LogP contribution in [0.2, 0.25) is 0 Å². The zero-order chi connectivity index (χ0) is 9.10. The molecule has 1 saturated carbocycles. The topological polar surface area (TPSA) is 69.6 Å². The molecule has 0 radical (unpaired) electrons. The smallest absolute Gasteiger partial charge is 0.240 e. The van der Waals surface area contributed by atoms with E-state index in [2.05, 4.69) is 15.5 Å². The van der Waals surface area contributed by atoms with E-state index in [4.69, 9.17) is 5.73 Å². The third-order valence-electron chi connectivity index (χ3n) is 2.69. The maximum Gasteiger partial charge on any atom is 0.240 e. The molecule has 72 valence electrons. The number of anilines is 1. The maximum atomic E-state index is 5.65. The van der Waals surface area contributed by atoms with E-state index < -0.39 is 0 Å². The minimum atomic E-state index is 0.428. The number of aromatic nitrogens is 4. The summed E-state index contributed by atoms with van der Waals surface area (Å²) in [5.41, 5.74) is 5.65. The van der Waals surface area contributed by atoms with Gasteiger partial charge in [0.05, 0.1) is 6.04 Å². The average molecular weight is 181 g/mol. The molecule has 1 aromatic rings. The zero-order valence-electron chi connectivity index (χ0n) is 7.69. The van der Waals surface area contributed by atoms with Crippen LogP contribution in [0.3, 0.4) is 0 Å². The van der Waals surface area contributed by atoms with E-state index in [1.165, 1.54) is 25.7 Å². The van der Waals surface area contributed by atoms with Crippen molar-refractivity contribution in [2.75, 3.05) is 5.73 Å². The van der Waals surface area contributed by atoms with Crippen molar-refractivity contribution in [3.8, 4) is 0 Å². The summed E-state index contributed by atoms with van der Waals surface area (Å²) in [6.07, 6.45) is 7.52. The molecule has 2 N–H and O–H groups in total. The predicted molar refractivity (Wildman–Crippen MR) is 49.0 cm³/mol. The van der Waals surface area contributed by atoms with E-state index >= 15 is 0 Å². The van der Waals surface area contributed by atoms with Crippen molar-refractivity contribution in [3.63, 3.8) is 0 Å². The first kappa shape index (κ1) is 8.47. The highest BCUT2D eigenvalue weighted by Gasteiger charge is 2.17. The Morgan fingerprint density at radius 3 is 2.38 bits per heavy atom. The second-order valence-corrected chi connectivity index (χ2v) is 3.63. The molecular formula is C8H15N5. The van der Waals surface area contributed by atoms with Crippen molar-refractivity contribution < 1.29 is 0 Å². The lowest BCUT2D eigenvalue weighted by molar-refractivity contribution is 0.401. The summed E-state index contributed by atoms with van der Waals surface area (Å²) in [5, 5.41) is 11.2. The van der Waals surface area contributed by atoms with Crippen LogP contribution >= 0.6 is 0 Å². The fraction of sp³-hybridized carbons (Fsp3) is 0.875. The number of hydrogen-bond acceptors (Lipinski definition) is 4. The Morgan fingerprint density at radius 1 is 1.15 bits per heavy atom. The van der Waals surface area contributed by atoms with Gasteiger partial charge in [0.25, 0.3) is 0 Å². The quantitative estimate of drug-likeness (QED) is 0.660. The van der Waals surface area contributed by atoms with Crippen molar-refractivity contribution >= 4 is 5.95 Å². The van der Waals surface area contributed by atoms with Gasteiger partial charge in [-0.3, -0.25) is 0 Å². The molecule has 0 atom stereocenters. The second-order valence-electron chi connectivity index (χ2n) is 3.63. The first-order chi connectivity index (χ1) is 6.38. The van der Waals surface area contributed by atoms with Crippen LogP contribution in [0.4, 0.5) is 5.95 Å². The summed E-state index contributed by atoms with van der Waals surface area (Å²) in [5.74, 6) is 0.451. The summed E-state index contributed by atoms with van der Waals surface area (Å²) < 4.78 is 1.77. The van der Waals surface area contributed by atoms with Crippen LogP contribution in [-0.2, 0) is 0 Å². The summed E-state index contributed by atoms with van der Waals surface area (Å²) in [6, 6.07) is 0.428. The second kappa shape index (κ2) is 3.72. The van der Waals surface area contributed by atoms with Gasteiger partial charge in [-0.25, -0.2) is 4.68 Å². The van der Waals surface area contributed by atoms with Gasteiger partial charge >= 0.3 is 0 Å². The molecule has 5 heteroatoms. The van der Waals surface area contributed by atoms with E-state index in [1.54, 1.807) is 4.68 Å². The molecule has 0 saturated heterocycles. The number of rotatable bonds is 1. The molecule has 1 heterocycles. The average Bonchev–Trinajstić information content (AvgIpc) is 2.43. The molecule has 1 aliphatic carbocycles. The van der Waals surface area contributed by atoms with Gasteiger partial charge in [0.1, 0.15) is 0 Å². The third-order valence-corrected chi connectivity index (χ3v) is 2.69. The molecule has 0 spiro atoms. The van der Waals surface area contributed by atoms with Gasteiger partial charge in [0.2, 0.25) is 5.95 Å². The van der Waals surface area contributed by atoms with Crippen LogP contribution in [-0.4, -0.2) is 20.2 Å². The maximum absolute atomic E-state index is 5.65. The summed E-state index contributed by atoms with van der Waals surface area (Å²) >= 11 is 0. The largest absolute Gasteiger partial charge is 0.367 e. The van der Waals surface area contributed by atoms with Crippen molar-refractivity contribution in [2.45, 2.75) is 44.6 Å². The highest BCUT2D eigenvalue weighted by atomic mass is 15.6. The molecule has 5 nitrogen and oxygen atoms in total. The molecule has 2 rings (SSSR count). The lowest BCUT2D eigenvalue weighted by atomic mass is 10.1. The fourth-order valence-corrected chi connectivity index (χ4v) is 1.96. The highest BCUT2D eigenvalue weighted by Crippen LogP contribution is 2.27. The molecule has 0 amide bonds. The number of nitrogens with zero attached hydrogens (tertiary/aromatic N) is 4. The Balaban J connectivity index is 2.10. The SMILES string of the molecule is Nc1nnnn1C1CCCCCC1. The predicted octanol–water partition coefficient (Wildman–Crippen LogP) is 1.15. The first-order valence-corrected chi connectivity index (χ1v) is 4.91. The van der Waals surface area contributed by atoms with Crippen LogP contribution in [0.25, 0.3) is 0 Å². The molecule has 1 aliphatic rings. The summed E-state index contributed by atoms with van der Waals surface area (Å²) in [6.45, 7) is 0. The Hall–Kier alpha value is -1.13. The van der Waals surface area contributed by atoms with Crippen molar-refractivity contribution in [2.24, 2.45) is 0 Å². The Labute approximate surface area is 77.3 Å². The highest BCUT2D eigenvalue weighted by molar-refractivity contribution is 5.11. The Bertz CT molecular complexity index is 261. The number of nitrogen functional groups attached to an aromatic ring is 1. The van der Waals surface area contributed by atoms with Gasteiger partial charge in [-0.05, 0) is 23.3 Å². The zero-order valence-corrected chi connectivity index (χ0v) is 7.69. The lowest BCUT2D eigenvalue weighted by Gasteiger charge is -2.13. The van der Waals surface area contributed by atoms with Gasteiger partial charge in [-0.15, -0.1) is 0 Å². The lowest BCUT2D eigenvalue weighted by Crippen LogP contribution is -2.12. The van der Waals surface area contributed by atoms with Gasteiger partial charge in [0.15, 0.2) is 0 Å². The molecule has 0 unspecified atom stereocenters. The molecule has 1 aromatic heterocycles. The molecule has 1 fully saturated rings. The number of nitrogens with two attached hydrogens (primary N) is 1. The van der Waals surface area contributed by atoms with E-state index in [9.17, 15) is 0 Å². The molecule has 0 bridgehead atoms. The minimum absolute atomic E-state index is 0.428. The van der Waals surface area contributed by atoms with E-state index in [1.807, 2.05) is 0 Å². The molecular weight excluding hydrogens is 166 g/mol. The standard InChI is InChI=1S/C8H15N5/c9-8-10-11-12-13(8)7-5-3-1-2-4-6-7/h7H,1-6H2,(H2,9,10,12). The monoisotopic (exact) mass is 181 g/mol. The minimum Gasteiger partial charge on any atom is -0.367 e. The van der Waals surface area contributed by atoms with Gasteiger partial charge in [-0.1, -0.05) is 30.8 Å². The van der Waals surface area contributed by atoms with Crippen molar-refractivity contribution in [1.29, 1.82) is 0 Å². The van der Waals surface area contributed by atoms with Crippen LogP contribution in [0, 0.1) is 0 Å². The van der Waals surface area contributed by atoms with Crippen LogP contribution < -0.4 is 5.73 Å². The Morgan fingerprint density at radius 2 is 1.85 bits per heavy atom. The van der Waals surface area contributed by atoms with E-state index in [-0.39, 0.29) is 0 Å². The molecule has 13 heavy (non-hydrogen) atoms. The number of hydrogen-bond donors (Lipinski definition) is 1. The van der Waals surface area contributed by atoms with Gasteiger partial charge in [0, 0.05) is 0 Å². The van der Waals surface area contributed by atoms with Gasteiger partial charge in [-0.2, -0.15) is 0 Å².